The van der Waals surface area contributed by atoms with Gasteiger partial charge in [0, 0.05) is 11.3 Å². The van der Waals surface area contributed by atoms with Crippen LogP contribution in [-0.4, -0.2) is 26.8 Å². The second kappa shape index (κ2) is 9.71. The highest BCUT2D eigenvalue weighted by molar-refractivity contribution is 7.80. The lowest BCUT2D eigenvalue weighted by molar-refractivity contribution is 0.340. The Hall–Kier alpha value is -3.98. The summed E-state index contributed by atoms with van der Waals surface area (Å²) in [5, 5.41) is 8.01. The van der Waals surface area contributed by atoms with Gasteiger partial charge in [-0.25, -0.2) is 4.39 Å². The molecule has 178 valence electrons. The first-order valence-corrected chi connectivity index (χ1v) is 11.6. The molecule has 1 unspecified atom stereocenters. The van der Waals surface area contributed by atoms with Crippen molar-refractivity contribution < 1.29 is 18.1 Å². The van der Waals surface area contributed by atoms with E-state index in [-0.39, 0.29) is 5.82 Å². The fraction of sp³-hybridized carbons (Fsp3) is 0.192. The third kappa shape index (κ3) is 4.67. The van der Waals surface area contributed by atoms with Crippen LogP contribution in [0.25, 0.3) is 17.0 Å². The van der Waals surface area contributed by atoms with Crippen LogP contribution in [0.3, 0.4) is 0 Å². The minimum atomic E-state index is -0.473. The maximum absolute atomic E-state index is 14.1. The molecule has 5 rings (SSSR count). The minimum absolute atomic E-state index is 0.320. The summed E-state index contributed by atoms with van der Waals surface area (Å²) >= 11 is 5.67. The Kier molecular flexibility index (Phi) is 6.33. The molecule has 0 amide bonds. The highest BCUT2D eigenvalue weighted by Gasteiger charge is 2.34. The number of nitrogens with one attached hydrogen (secondary N) is 1. The summed E-state index contributed by atoms with van der Waals surface area (Å²) in [6.45, 7) is 4.87. The predicted octanol–water partition coefficient (Wildman–Crippen LogP) is 5.73. The molecule has 2 aromatic carbocycles. The molecule has 0 aliphatic carbocycles. The van der Waals surface area contributed by atoms with E-state index in [0.29, 0.717) is 41.1 Å². The first-order valence-electron chi connectivity index (χ1n) is 11.2. The topological polar surface area (TPSA) is 76.6 Å². The summed E-state index contributed by atoms with van der Waals surface area (Å²) < 4.78 is 30.9. The molecule has 4 aromatic rings. The van der Waals surface area contributed by atoms with E-state index < -0.39 is 6.04 Å². The number of furan rings is 1. The number of thiocarbonyl (C=S) groups is 1. The van der Waals surface area contributed by atoms with Gasteiger partial charge in [-0.15, -0.1) is 0 Å². The fourth-order valence-corrected chi connectivity index (χ4v) is 4.38. The Morgan fingerprint density at radius 2 is 1.97 bits per heavy atom. The van der Waals surface area contributed by atoms with Gasteiger partial charge in [-0.05, 0) is 80.2 Å². The Morgan fingerprint density at radius 1 is 1.14 bits per heavy atom. The number of allylic oxidation sites excluding steroid dienone is 1. The van der Waals surface area contributed by atoms with E-state index in [2.05, 4.69) is 15.5 Å². The Balaban J connectivity index is 1.56. The summed E-state index contributed by atoms with van der Waals surface area (Å²) in [6.07, 6.45) is 1.62. The zero-order chi connectivity index (χ0) is 24.4. The summed E-state index contributed by atoms with van der Waals surface area (Å²) in [6, 6.07) is 17.1. The predicted molar refractivity (Wildman–Crippen MR) is 133 cm³/mol. The van der Waals surface area contributed by atoms with Crippen LogP contribution in [0.4, 0.5) is 4.39 Å². The monoisotopic (exact) mass is 490 g/mol. The van der Waals surface area contributed by atoms with Crippen LogP contribution in [0.15, 0.2) is 81.6 Å². The standard InChI is InChI=1S/C26H23FN4O3S/c1-3-32-20-11-9-17(10-12-20)24-29-25(34-30-24)22-16(2)31(15-21-8-5-13-33-21)26(35)28-23(22)18-6-4-7-19(27)14-18/h4-14,23H,3,15H2,1-2H3,(H,28,35). The average molecular weight is 491 g/mol. The molecule has 3 heterocycles. The highest BCUT2D eigenvalue weighted by atomic mass is 32.1. The van der Waals surface area contributed by atoms with Crippen LogP contribution in [-0.2, 0) is 6.54 Å². The van der Waals surface area contributed by atoms with Crippen molar-refractivity contribution in [3.05, 3.63) is 95.7 Å². The van der Waals surface area contributed by atoms with E-state index in [0.717, 1.165) is 22.8 Å². The molecule has 35 heavy (non-hydrogen) atoms. The molecule has 7 nitrogen and oxygen atoms in total. The molecular weight excluding hydrogens is 467 g/mol. The molecular formula is C26H23FN4O3S. The third-order valence-corrected chi connectivity index (χ3v) is 6.09. The van der Waals surface area contributed by atoms with Gasteiger partial charge >= 0.3 is 0 Å². The lowest BCUT2D eigenvalue weighted by Crippen LogP contribution is -2.45. The maximum Gasteiger partial charge on any atom is 0.258 e. The lowest BCUT2D eigenvalue weighted by atomic mass is 9.94. The van der Waals surface area contributed by atoms with Crippen molar-refractivity contribution >= 4 is 22.9 Å². The summed E-state index contributed by atoms with van der Waals surface area (Å²) in [5.74, 6) is 1.93. The zero-order valence-corrected chi connectivity index (χ0v) is 20.0. The van der Waals surface area contributed by atoms with Crippen LogP contribution in [0.5, 0.6) is 5.75 Å². The van der Waals surface area contributed by atoms with Gasteiger partial charge in [-0.2, -0.15) is 4.98 Å². The summed E-state index contributed by atoms with van der Waals surface area (Å²) in [4.78, 5) is 6.58. The van der Waals surface area contributed by atoms with E-state index in [1.54, 1.807) is 12.3 Å². The number of benzene rings is 2. The largest absolute Gasteiger partial charge is 0.494 e. The Bertz CT molecular complexity index is 1370. The van der Waals surface area contributed by atoms with Crippen LogP contribution < -0.4 is 10.1 Å². The number of hydrogen-bond donors (Lipinski definition) is 1. The SMILES string of the molecule is CCOc1ccc(-c2noc(C3=C(C)N(Cc4ccco4)C(=S)NC3c3cccc(F)c3)n2)cc1. The van der Waals surface area contributed by atoms with Crippen LogP contribution >= 0.6 is 12.2 Å². The van der Waals surface area contributed by atoms with Gasteiger partial charge in [0.15, 0.2) is 5.11 Å². The van der Waals surface area contributed by atoms with E-state index in [9.17, 15) is 4.39 Å². The molecule has 0 bridgehead atoms. The van der Waals surface area contributed by atoms with Crippen molar-refractivity contribution in [3.8, 4) is 17.1 Å². The molecule has 0 saturated heterocycles. The van der Waals surface area contributed by atoms with Gasteiger partial charge in [-0.1, -0.05) is 17.3 Å². The van der Waals surface area contributed by atoms with E-state index in [1.807, 2.05) is 61.2 Å². The van der Waals surface area contributed by atoms with Gasteiger partial charge < -0.3 is 23.9 Å². The average Bonchev–Trinajstić information content (AvgIpc) is 3.55. The molecule has 9 heteroatoms. The normalized spacial score (nSPS) is 15.9. The number of ether oxygens (including phenoxy) is 1. The second-order valence-electron chi connectivity index (χ2n) is 7.98. The quantitative estimate of drug-likeness (QED) is 0.329. The van der Waals surface area contributed by atoms with E-state index in [1.165, 1.54) is 12.1 Å². The Labute approximate surface area is 207 Å². The first kappa shape index (κ1) is 22.8. The van der Waals surface area contributed by atoms with Gasteiger partial charge in [0.25, 0.3) is 5.89 Å². The number of nitrogens with zero attached hydrogens (tertiary/aromatic N) is 3. The third-order valence-electron chi connectivity index (χ3n) is 5.75. The number of halogens is 1. The number of aromatic nitrogens is 2. The number of rotatable bonds is 7. The molecule has 1 aliphatic heterocycles. The van der Waals surface area contributed by atoms with E-state index >= 15 is 0 Å². The molecule has 1 N–H and O–H groups in total. The maximum atomic E-state index is 14.1. The number of hydrogen-bond acceptors (Lipinski definition) is 6. The molecule has 0 fully saturated rings. The van der Waals surface area contributed by atoms with Crippen molar-refractivity contribution in [1.29, 1.82) is 0 Å². The van der Waals surface area contributed by atoms with Crippen LogP contribution in [0, 0.1) is 5.82 Å². The minimum Gasteiger partial charge on any atom is -0.494 e. The van der Waals surface area contributed by atoms with Crippen molar-refractivity contribution in [2.45, 2.75) is 26.4 Å². The molecule has 2 aromatic heterocycles. The zero-order valence-electron chi connectivity index (χ0n) is 19.2. The van der Waals surface area contributed by atoms with Crippen molar-refractivity contribution in [1.82, 2.24) is 20.4 Å². The molecule has 0 spiro atoms. The smallest absolute Gasteiger partial charge is 0.258 e. The van der Waals surface area contributed by atoms with Crippen molar-refractivity contribution in [2.24, 2.45) is 0 Å². The second-order valence-corrected chi connectivity index (χ2v) is 8.37. The van der Waals surface area contributed by atoms with Gasteiger partial charge in [0.2, 0.25) is 5.82 Å². The molecule has 0 radical (unpaired) electrons. The van der Waals surface area contributed by atoms with Gasteiger partial charge in [-0.3, -0.25) is 0 Å². The molecule has 0 saturated carbocycles. The van der Waals surface area contributed by atoms with Crippen molar-refractivity contribution in [2.75, 3.05) is 6.61 Å². The van der Waals surface area contributed by atoms with Crippen LogP contribution in [0.2, 0.25) is 0 Å². The van der Waals surface area contributed by atoms with Crippen LogP contribution in [0.1, 0.15) is 37.1 Å². The Morgan fingerprint density at radius 3 is 2.69 bits per heavy atom. The lowest BCUT2D eigenvalue weighted by Gasteiger charge is -2.37. The highest BCUT2D eigenvalue weighted by Crippen LogP contribution is 2.38. The molecule has 1 aliphatic rings. The van der Waals surface area contributed by atoms with Gasteiger partial charge in [0.1, 0.15) is 17.3 Å². The summed E-state index contributed by atoms with van der Waals surface area (Å²) in [5.41, 5.74) is 3.00. The fourth-order valence-electron chi connectivity index (χ4n) is 4.06. The molecule has 1 atom stereocenters. The summed E-state index contributed by atoms with van der Waals surface area (Å²) in [7, 11) is 0. The van der Waals surface area contributed by atoms with Crippen molar-refractivity contribution in [3.63, 3.8) is 0 Å². The van der Waals surface area contributed by atoms with E-state index in [4.69, 9.17) is 25.9 Å². The first-order chi connectivity index (χ1) is 17.0. The van der Waals surface area contributed by atoms with Gasteiger partial charge in [0.05, 0.1) is 31.0 Å².